The molecule has 30 heavy (non-hydrogen) atoms. The number of amides is 1. The van der Waals surface area contributed by atoms with Crippen molar-refractivity contribution in [3.8, 4) is 0 Å². The largest absolute Gasteiger partial charge is 0.349 e. The Morgan fingerprint density at radius 3 is 2.73 bits per heavy atom. The molecule has 2 aromatic carbocycles. The van der Waals surface area contributed by atoms with Gasteiger partial charge in [0, 0.05) is 18.1 Å². The van der Waals surface area contributed by atoms with E-state index in [0.717, 1.165) is 16.7 Å². The summed E-state index contributed by atoms with van der Waals surface area (Å²) in [7, 11) is -3.52. The number of sulfonamides is 1. The first kappa shape index (κ1) is 22.8. The Morgan fingerprint density at radius 1 is 1.23 bits per heavy atom. The van der Waals surface area contributed by atoms with Crippen LogP contribution in [0.1, 0.15) is 48.1 Å². The van der Waals surface area contributed by atoms with Crippen molar-refractivity contribution < 1.29 is 13.2 Å². The van der Waals surface area contributed by atoms with Crippen LogP contribution in [0.15, 0.2) is 42.5 Å². The molecule has 5 nitrogen and oxygen atoms in total. The fourth-order valence-electron chi connectivity index (χ4n) is 3.97. The van der Waals surface area contributed by atoms with Crippen LogP contribution < -0.4 is 5.32 Å². The molecule has 0 saturated carbocycles. The van der Waals surface area contributed by atoms with Gasteiger partial charge in [0.25, 0.3) is 0 Å². The van der Waals surface area contributed by atoms with Gasteiger partial charge in [-0.2, -0.15) is 0 Å². The summed E-state index contributed by atoms with van der Waals surface area (Å²) < 4.78 is 27.3. The van der Waals surface area contributed by atoms with Gasteiger partial charge in [0.15, 0.2) is 0 Å². The molecule has 0 aromatic heterocycles. The molecule has 0 aliphatic carbocycles. The Labute approximate surface area is 184 Å². The minimum Gasteiger partial charge on any atom is -0.349 e. The molecule has 0 unspecified atom stereocenters. The van der Waals surface area contributed by atoms with Crippen LogP contribution in [0.2, 0.25) is 5.02 Å². The lowest BCUT2D eigenvalue weighted by Crippen LogP contribution is -2.46. The van der Waals surface area contributed by atoms with E-state index >= 15 is 0 Å². The van der Waals surface area contributed by atoms with Crippen molar-refractivity contribution in [2.45, 2.75) is 45.4 Å². The second-order valence-corrected chi connectivity index (χ2v) is 10.6. The molecule has 0 spiro atoms. The van der Waals surface area contributed by atoms with Gasteiger partial charge >= 0.3 is 0 Å². The fraction of sp³-hybridized carbons (Fsp3) is 0.435. The van der Waals surface area contributed by atoms with E-state index in [1.807, 2.05) is 20.8 Å². The van der Waals surface area contributed by atoms with Gasteiger partial charge in [0.05, 0.1) is 17.7 Å². The number of carbonyl (C=O) groups excluding carboxylic acids is 1. The highest BCUT2D eigenvalue weighted by Gasteiger charge is 2.33. The molecule has 7 heteroatoms. The summed E-state index contributed by atoms with van der Waals surface area (Å²) in [5.74, 6) is -0.549. The first-order chi connectivity index (χ1) is 14.2. The van der Waals surface area contributed by atoms with Crippen LogP contribution in [-0.4, -0.2) is 31.7 Å². The monoisotopic (exact) mass is 448 g/mol. The average molecular weight is 449 g/mol. The number of rotatable bonds is 6. The molecule has 1 fully saturated rings. The van der Waals surface area contributed by atoms with Crippen LogP contribution >= 0.6 is 11.6 Å². The van der Waals surface area contributed by atoms with Gasteiger partial charge < -0.3 is 5.32 Å². The molecule has 2 atom stereocenters. The third-order valence-corrected chi connectivity index (χ3v) is 7.70. The normalized spacial score (nSPS) is 18.7. The zero-order valence-corrected chi connectivity index (χ0v) is 19.3. The van der Waals surface area contributed by atoms with Crippen molar-refractivity contribution in [2.75, 3.05) is 13.1 Å². The Bertz CT molecular complexity index is 1020. The minimum atomic E-state index is -3.52. The molecule has 1 N–H and O–H groups in total. The summed E-state index contributed by atoms with van der Waals surface area (Å²) in [6.45, 7) is 6.69. The molecule has 3 rings (SSSR count). The molecule has 1 saturated heterocycles. The predicted octanol–water partition coefficient (Wildman–Crippen LogP) is 4.38. The summed E-state index contributed by atoms with van der Waals surface area (Å²) in [6.07, 6.45) is 1.36. The smallest absolute Gasteiger partial charge is 0.224 e. The second kappa shape index (κ2) is 9.50. The van der Waals surface area contributed by atoms with Gasteiger partial charge in [-0.15, -0.1) is 0 Å². The Hall–Kier alpha value is -1.89. The third kappa shape index (κ3) is 5.62. The lowest BCUT2D eigenvalue weighted by atomic mass is 9.96. The van der Waals surface area contributed by atoms with E-state index in [0.29, 0.717) is 30.0 Å². The third-order valence-electron chi connectivity index (χ3n) is 5.65. The first-order valence-corrected chi connectivity index (χ1v) is 12.2. The van der Waals surface area contributed by atoms with Gasteiger partial charge in [-0.05, 0) is 62.4 Å². The maximum Gasteiger partial charge on any atom is 0.224 e. The van der Waals surface area contributed by atoms with Crippen molar-refractivity contribution in [1.29, 1.82) is 0 Å². The molecule has 1 aliphatic heterocycles. The number of nitrogens with one attached hydrogen (secondary N) is 1. The van der Waals surface area contributed by atoms with E-state index in [4.69, 9.17) is 11.6 Å². The van der Waals surface area contributed by atoms with Crippen LogP contribution in [0.4, 0.5) is 0 Å². The van der Waals surface area contributed by atoms with Crippen LogP contribution in [0.5, 0.6) is 0 Å². The van der Waals surface area contributed by atoms with E-state index in [-0.39, 0.29) is 30.2 Å². The van der Waals surface area contributed by atoms with Crippen LogP contribution in [0, 0.1) is 19.8 Å². The molecule has 0 radical (unpaired) electrons. The highest BCUT2D eigenvalue weighted by atomic mass is 35.5. The summed E-state index contributed by atoms with van der Waals surface area (Å²) >= 11 is 5.98. The summed E-state index contributed by atoms with van der Waals surface area (Å²) in [6, 6.07) is 12.9. The van der Waals surface area contributed by atoms with Gasteiger partial charge in [0.1, 0.15) is 0 Å². The minimum absolute atomic E-state index is 0.0916. The molecular formula is C23H29ClN2O3S. The quantitative estimate of drug-likeness (QED) is 0.713. The molecular weight excluding hydrogens is 420 g/mol. The lowest BCUT2D eigenvalue weighted by Gasteiger charge is -2.32. The summed E-state index contributed by atoms with van der Waals surface area (Å²) in [5.41, 5.74) is 4.01. The van der Waals surface area contributed by atoms with E-state index in [9.17, 15) is 13.2 Å². The summed E-state index contributed by atoms with van der Waals surface area (Å²) in [4.78, 5) is 12.9. The molecule has 1 heterocycles. The van der Waals surface area contributed by atoms with Gasteiger partial charge in [-0.3, -0.25) is 4.79 Å². The topological polar surface area (TPSA) is 66.5 Å². The molecule has 162 valence electrons. The number of nitrogens with zero attached hydrogens (tertiary/aromatic N) is 1. The fourth-order valence-corrected chi connectivity index (χ4v) is 5.78. The molecule has 1 amide bonds. The highest BCUT2D eigenvalue weighted by molar-refractivity contribution is 7.88. The Morgan fingerprint density at radius 2 is 2.00 bits per heavy atom. The van der Waals surface area contributed by atoms with E-state index < -0.39 is 10.0 Å². The molecule has 0 bridgehead atoms. The lowest BCUT2D eigenvalue weighted by molar-refractivity contribution is -0.126. The molecule has 2 aromatic rings. The zero-order chi connectivity index (χ0) is 21.9. The zero-order valence-electron chi connectivity index (χ0n) is 17.7. The maximum absolute atomic E-state index is 12.9. The predicted molar refractivity (Wildman–Crippen MR) is 121 cm³/mol. The Balaban J connectivity index is 1.66. The maximum atomic E-state index is 12.9. The van der Waals surface area contributed by atoms with Gasteiger partial charge in [0.2, 0.25) is 15.9 Å². The standard InChI is InChI=1S/C23H29ClN2O3S/c1-16-9-10-17(2)22(12-16)18(3)25-23(27)20-7-5-11-26(14-20)30(28,29)15-19-6-4-8-21(24)13-19/h4,6,8-10,12-13,18,20H,5,7,11,14-15H2,1-3H3,(H,25,27)/t18-,20+/m0/s1. The number of benzene rings is 2. The second-order valence-electron chi connectivity index (χ2n) is 8.17. The van der Waals surface area contributed by atoms with Gasteiger partial charge in [-0.25, -0.2) is 12.7 Å². The molecule has 1 aliphatic rings. The van der Waals surface area contributed by atoms with Crippen molar-refractivity contribution in [1.82, 2.24) is 9.62 Å². The number of piperidine rings is 1. The number of carbonyl (C=O) groups is 1. The number of hydrogen-bond acceptors (Lipinski definition) is 3. The van der Waals surface area contributed by atoms with Crippen molar-refractivity contribution in [3.63, 3.8) is 0 Å². The highest BCUT2D eigenvalue weighted by Crippen LogP contribution is 2.24. The number of aryl methyl sites for hydroxylation is 2. The summed E-state index contributed by atoms with van der Waals surface area (Å²) in [5, 5.41) is 3.60. The van der Waals surface area contributed by atoms with Crippen molar-refractivity contribution in [3.05, 3.63) is 69.7 Å². The van der Waals surface area contributed by atoms with E-state index in [1.54, 1.807) is 24.3 Å². The van der Waals surface area contributed by atoms with Crippen LogP contribution in [0.3, 0.4) is 0 Å². The van der Waals surface area contributed by atoms with Crippen LogP contribution in [-0.2, 0) is 20.6 Å². The number of halogens is 1. The average Bonchev–Trinajstić information content (AvgIpc) is 2.69. The van der Waals surface area contributed by atoms with Crippen molar-refractivity contribution >= 4 is 27.5 Å². The SMILES string of the molecule is Cc1ccc(C)c([C@H](C)NC(=O)[C@@H]2CCCN(S(=O)(=O)Cc3cccc(Cl)c3)C2)c1. The Kier molecular flexibility index (Phi) is 7.22. The van der Waals surface area contributed by atoms with Crippen LogP contribution in [0.25, 0.3) is 0 Å². The van der Waals surface area contributed by atoms with E-state index in [1.165, 1.54) is 4.31 Å². The van der Waals surface area contributed by atoms with Gasteiger partial charge in [-0.1, -0.05) is 47.5 Å². The first-order valence-electron chi connectivity index (χ1n) is 10.3. The number of hydrogen-bond donors (Lipinski definition) is 1. The van der Waals surface area contributed by atoms with E-state index in [2.05, 4.69) is 23.5 Å². The van der Waals surface area contributed by atoms with Crippen molar-refractivity contribution in [2.24, 2.45) is 5.92 Å².